The van der Waals surface area contributed by atoms with Crippen molar-refractivity contribution in [2.45, 2.75) is 12.1 Å². The Balaban J connectivity index is 2.10. The van der Waals surface area contributed by atoms with Gasteiger partial charge in [0.25, 0.3) is 0 Å². The van der Waals surface area contributed by atoms with Crippen LogP contribution in [0.15, 0.2) is 30.3 Å². The molecule has 1 aromatic carbocycles. The molecule has 1 fully saturated rings. The SMILES string of the molecule is CN1CCOC(C(NN)c2ccccc2)C1. The zero-order valence-corrected chi connectivity index (χ0v) is 9.60. The van der Waals surface area contributed by atoms with Crippen molar-refractivity contribution in [3.05, 3.63) is 35.9 Å². The predicted octanol–water partition coefficient (Wildman–Crippen LogP) is 0.522. The van der Waals surface area contributed by atoms with E-state index in [1.165, 1.54) is 5.56 Å². The van der Waals surface area contributed by atoms with Gasteiger partial charge in [-0.15, -0.1) is 0 Å². The molecule has 1 heterocycles. The summed E-state index contributed by atoms with van der Waals surface area (Å²) in [5.41, 5.74) is 4.03. The molecule has 2 unspecified atom stereocenters. The van der Waals surface area contributed by atoms with Crippen molar-refractivity contribution in [3.63, 3.8) is 0 Å². The van der Waals surface area contributed by atoms with Crippen molar-refractivity contribution < 1.29 is 4.74 Å². The first-order valence-electron chi connectivity index (χ1n) is 5.62. The summed E-state index contributed by atoms with van der Waals surface area (Å²) in [5, 5.41) is 0. The van der Waals surface area contributed by atoms with Crippen LogP contribution in [0.3, 0.4) is 0 Å². The normalized spacial score (nSPS) is 24.2. The summed E-state index contributed by atoms with van der Waals surface area (Å²) in [6, 6.07) is 10.2. The van der Waals surface area contributed by atoms with Crippen LogP contribution in [-0.4, -0.2) is 37.7 Å². The Labute approximate surface area is 96.3 Å². The monoisotopic (exact) mass is 221 g/mol. The van der Waals surface area contributed by atoms with E-state index < -0.39 is 0 Å². The maximum atomic E-state index is 5.77. The van der Waals surface area contributed by atoms with Gasteiger partial charge >= 0.3 is 0 Å². The second kappa shape index (κ2) is 5.41. The van der Waals surface area contributed by atoms with Gasteiger partial charge in [0.1, 0.15) is 0 Å². The second-order valence-electron chi connectivity index (χ2n) is 4.23. The molecule has 0 amide bonds. The van der Waals surface area contributed by atoms with Crippen LogP contribution >= 0.6 is 0 Å². The van der Waals surface area contributed by atoms with Gasteiger partial charge in [0.05, 0.1) is 18.8 Å². The van der Waals surface area contributed by atoms with Crippen LogP contribution < -0.4 is 11.3 Å². The summed E-state index contributed by atoms with van der Waals surface area (Å²) in [7, 11) is 2.11. The van der Waals surface area contributed by atoms with Gasteiger partial charge in [0, 0.05) is 13.1 Å². The fraction of sp³-hybridized carbons (Fsp3) is 0.500. The van der Waals surface area contributed by atoms with Crippen LogP contribution in [0.4, 0.5) is 0 Å². The Morgan fingerprint density at radius 2 is 2.19 bits per heavy atom. The first kappa shape index (κ1) is 11.5. The predicted molar refractivity (Wildman–Crippen MR) is 63.7 cm³/mol. The molecule has 1 saturated heterocycles. The highest BCUT2D eigenvalue weighted by Crippen LogP contribution is 2.20. The third-order valence-corrected chi connectivity index (χ3v) is 3.01. The molecule has 0 radical (unpaired) electrons. The molecule has 4 nitrogen and oxygen atoms in total. The smallest absolute Gasteiger partial charge is 0.0909 e. The Morgan fingerprint density at radius 3 is 2.81 bits per heavy atom. The van der Waals surface area contributed by atoms with Crippen molar-refractivity contribution >= 4 is 0 Å². The highest BCUT2D eigenvalue weighted by molar-refractivity contribution is 5.20. The fourth-order valence-electron chi connectivity index (χ4n) is 2.09. The summed E-state index contributed by atoms with van der Waals surface area (Å²) in [5.74, 6) is 5.63. The molecule has 16 heavy (non-hydrogen) atoms. The number of hydrazine groups is 1. The maximum absolute atomic E-state index is 5.77. The molecule has 1 aliphatic heterocycles. The van der Waals surface area contributed by atoms with Crippen LogP contribution in [0.1, 0.15) is 11.6 Å². The van der Waals surface area contributed by atoms with Crippen LogP contribution in [-0.2, 0) is 4.74 Å². The van der Waals surface area contributed by atoms with E-state index in [9.17, 15) is 0 Å². The van der Waals surface area contributed by atoms with Gasteiger partial charge in [-0.25, -0.2) is 0 Å². The molecule has 1 aliphatic rings. The van der Waals surface area contributed by atoms with E-state index in [1.54, 1.807) is 0 Å². The first-order chi connectivity index (χ1) is 7.81. The highest BCUT2D eigenvalue weighted by Gasteiger charge is 2.26. The molecule has 3 N–H and O–H groups in total. The lowest BCUT2D eigenvalue weighted by molar-refractivity contribution is -0.0393. The highest BCUT2D eigenvalue weighted by atomic mass is 16.5. The minimum absolute atomic E-state index is 0.0592. The topological polar surface area (TPSA) is 50.5 Å². The van der Waals surface area contributed by atoms with Gasteiger partial charge in [-0.2, -0.15) is 0 Å². The van der Waals surface area contributed by atoms with E-state index >= 15 is 0 Å². The number of hydrogen-bond acceptors (Lipinski definition) is 4. The quantitative estimate of drug-likeness (QED) is 0.577. The molecule has 88 valence electrons. The molecule has 0 bridgehead atoms. The van der Waals surface area contributed by atoms with Crippen LogP contribution in [0, 0.1) is 0 Å². The van der Waals surface area contributed by atoms with E-state index in [2.05, 4.69) is 29.5 Å². The largest absolute Gasteiger partial charge is 0.374 e. The van der Waals surface area contributed by atoms with E-state index in [0.29, 0.717) is 0 Å². The molecular formula is C12H19N3O. The molecular weight excluding hydrogens is 202 g/mol. The van der Waals surface area contributed by atoms with Crippen LogP contribution in [0.2, 0.25) is 0 Å². The Bertz CT molecular complexity index is 317. The van der Waals surface area contributed by atoms with Crippen LogP contribution in [0.5, 0.6) is 0 Å². The summed E-state index contributed by atoms with van der Waals surface area (Å²) in [6.45, 7) is 2.67. The third kappa shape index (κ3) is 2.59. The van der Waals surface area contributed by atoms with Gasteiger partial charge in [-0.05, 0) is 12.6 Å². The summed E-state index contributed by atoms with van der Waals surface area (Å²) in [4.78, 5) is 2.27. The fourth-order valence-corrected chi connectivity index (χ4v) is 2.09. The number of likely N-dealkylation sites (N-methyl/N-ethyl adjacent to an activating group) is 1. The summed E-state index contributed by atoms with van der Waals surface area (Å²) < 4.78 is 5.77. The summed E-state index contributed by atoms with van der Waals surface area (Å²) in [6.07, 6.45) is 0.117. The molecule has 0 spiro atoms. The van der Waals surface area contributed by atoms with Gasteiger partial charge in [0.2, 0.25) is 0 Å². The second-order valence-corrected chi connectivity index (χ2v) is 4.23. The van der Waals surface area contributed by atoms with Crippen LogP contribution in [0.25, 0.3) is 0 Å². The Morgan fingerprint density at radius 1 is 1.44 bits per heavy atom. The van der Waals surface area contributed by atoms with Crippen molar-refractivity contribution in [2.75, 3.05) is 26.7 Å². The van der Waals surface area contributed by atoms with Crippen molar-refractivity contribution in [2.24, 2.45) is 5.84 Å². The van der Waals surface area contributed by atoms with Gasteiger partial charge in [0.15, 0.2) is 0 Å². The Hall–Kier alpha value is -0.940. The lowest BCUT2D eigenvalue weighted by atomic mass is 10.0. The zero-order chi connectivity index (χ0) is 11.4. The van der Waals surface area contributed by atoms with Crippen molar-refractivity contribution in [1.29, 1.82) is 0 Å². The standard InChI is InChI=1S/C12H19N3O/c1-15-7-8-16-11(9-15)12(14-13)10-5-3-2-4-6-10/h2-6,11-12,14H,7-9,13H2,1H3. The van der Waals surface area contributed by atoms with Crippen molar-refractivity contribution in [1.82, 2.24) is 10.3 Å². The Kier molecular flexibility index (Phi) is 3.90. The summed E-state index contributed by atoms with van der Waals surface area (Å²) >= 11 is 0. The zero-order valence-electron chi connectivity index (χ0n) is 9.60. The van der Waals surface area contributed by atoms with E-state index in [-0.39, 0.29) is 12.1 Å². The van der Waals surface area contributed by atoms with Gasteiger partial charge in [-0.1, -0.05) is 30.3 Å². The lowest BCUT2D eigenvalue weighted by Crippen LogP contribution is -2.48. The molecule has 0 aromatic heterocycles. The molecule has 0 aliphatic carbocycles. The number of nitrogens with zero attached hydrogens (tertiary/aromatic N) is 1. The van der Waals surface area contributed by atoms with E-state index in [4.69, 9.17) is 10.6 Å². The number of hydrogen-bond donors (Lipinski definition) is 2. The molecule has 2 rings (SSSR count). The van der Waals surface area contributed by atoms with E-state index in [1.807, 2.05) is 18.2 Å². The molecule has 1 aromatic rings. The van der Waals surface area contributed by atoms with Gasteiger partial charge < -0.3 is 9.64 Å². The average Bonchev–Trinajstić information content (AvgIpc) is 2.31. The minimum atomic E-state index is 0.0592. The molecule has 0 saturated carbocycles. The number of ether oxygens (including phenoxy) is 1. The van der Waals surface area contributed by atoms with E-state index in [0.717, 1.165) is 19.7 Å². The maximum Gasteiger partial charge on any atom is 0.0909 e. The van der Waals surface area contributed by atoms with Crippen molar-refractivity contribution in [3.8, 4) is 0 Å². The number of benzene rings is 1. The average molecular weight is 221 g/mol. The number of nitrogens with one attached hydrogen (secondary N) is 1. The lowest BCUT2D eigenvalue weighted by Gasteiger charge is -2.35. The number of morpholine rings is 1. The van der Waals surface area contributed by atoms with Gasteiger partial charge in [-0.3, -0.25) is 11.3 Å². The first-order valence-corrected chi connectivity index (χ1v) is 5.62. The number of rotatable bonds is 3. The molecule has 4 heteroatoms. The number of nitrogens with two attached hydrogens (primary N) is 1. The minimum Gasteiger partial charge on any atom is -0.374 e. The third-order valence-electron chi connectivity index (χ3n) is 3.01. The molecule has 2 atom stereocenters.